The minimum Gasteiger partial charge on any atom is -0.381 e. The maximum absolute atomic E-state index is 5.79. The van der Waals surface area contributed by atoms with Gasteiger partial charge in [0.1, 0.15) is 11.6 Å². The van der Waals surface area contributed by atoms with E-state index < -0.39 is 0 Å². The molecule has 3 rings (SSSR count). The Bertz CT molecular complexity index is 499. The summed E-state index contributed by atoms with van der Waals surface area (Å²) in [6.07, 6.45) is 6.50. The molecule has 1 aliphatic carbocycles. The molecule has 0 amide bonds. The third-order valence-corrected chi connectivity index (χ3v) is 4.71. The number of methoxy groups -OCH3 is 1. The van der Waals surface area contributed by atoms with E-state index in [0.29, 0.717) is 0 Å². The van der Waals surface area contributed by atoms with Gasteiger partial charge < -0.3 is 14.8 Å². The van der Waals surface area contributed by atoms with Crippen LogP contribution >= 0.6 is 0 Å². The zero-order chi connectivity index (χ0) is 14.7. The summed E-state index contributed by atoms with van der Waals surface area (Å²) in [4.78, 5) is 9.23. The largest absolute Gasteiger partial charge is 0.381 e. The Labute approximate surface area is 126 Å². The topological polar surface area (TPSA) is 56.3 Å². The number of hydrogen-bond acceptors (Lipinski definition) is 5. The summed E-state index contributed by atoms with van der Waals surface area (Å²) in [5.41, 5.74) is 2.42. The maximum Gasteiger partial charge on any atom is 0.133 e. The molecular weight excluding hydrogens is 266 g/mol. The Hall–Kier alpha value is -1.20. The smallest absolute Gasteiger partial charge is 0.133 e. The fourth-order valence-corrected chi connectivity index (χ4v) is 3.30. The van der Waals surface area contributed by atoms with Crippen molar-refractivity contribution in [2.45, 2.75) is 51.0 Å². The normalized spacial score (nSPS) is 20.9. The van der Waals surface area contributed by atoms with Crippen molar-refractivity contribution in [1.82, 2.24) is 9.97 Å². The summed E-state index contributed by atoms with van der Waals surface area (Å²) in [5, 5.41) is 3.54. The van der Waals surface area contributed by atoms with E-state index in [4.69, 9.17) is 9.47 Å². The lowest BCUT2D eigenvalue weighted by atomic mass is 9.93. The number of nitrogens with one attached hydrogen (secondary N) is 1. The lowest BCUT2D eigenvalue weighted by Gasteiger charge is -2.36. The maximum atomic E-state index is 5.79. The first-order valence-corrected chi connectivity index (χ1v) is 7.96. The molecular formula is C16H25N3O2. The SMILES string of the molecule is COC1(CNc2nc(C)nc3c2CCCC3)CCOCC1. The van der Waals surface area contributed by atoms with Crippen molar-refractivity contribution in [3.05, 3.63) is 17.1 Å². The molecule has 0 atom stereocenters. The first kappa shape index (κ1) is 14.7. The van der Waals surface area contributed by atoms with E-state index in [1.54, 1.807) is 7.11 Å². The van der Waals surface area contributed by atoms with Gasteiger partial charge in [-0.25, -0.2) is 9.97 Å². The highest BCUT2D eigenvalue weighted by Gasteiger charge is 2.32. The second kappa shape index (κ2) is 6.28. The van der Waals surface area contributed by atoms with Crippen LogP contribution in [0.1, 0.15) is 42.8 Å². The number of anilines is 1. The second-order valence-corrected chi connectivity index (χ2v) is 6.10. The van der Waals surface area contributed by atoms with Crippen molar-refractivity contribution in [3.63, 3.8) is 0 Å². The Morgan fingerprint density at radius 3 is 2.71 bits per heavy atom. The van der Waals surface area contributed by atoms with Crippen LogP contribution in [0.25, 0.3) is 0 Å². The highest BCUT2D eigenvalue weighted by Crippen LogP contribution is 2.28. The second-order valence-electron chi connectivity index (χ2n) is 6.10. The molecule has 0 unspecified atom stereocenters. The molecule has 0 saturated carbocycles. The quantitative estimate of drug-likeness (QED) is 0.922. The van der Waals surface area contributed by atoms with Gasteiger partial charge in [0.05, 0.1) is 5.60 Å². The van der Waals surface area contributed by atoms with Crippen molar-refractivity contribution in [3.8, 4) is 0 Å². The summed E-state index contributed by atoms with van der Waals surface area (Å²) < 4.78 is 11.2. The van der Waals surface area contributed by atoms with Crippen molar-refractivity contribution in [1.29, 1.82) is 0 Å². The fraction of sp³-hybridized carbons (Fsp3) is 0.750. The first-order valence-electron chi connectivity index (χ1n) is 7.96. The molecule has 5 nitrogen and oxygen atoms in total. The average Bonchev–Trinajstić information content (AvgIpc) is 2.53. The third-order valence-electron chi connectivity index (χ3n) is 4.71. The molecule has 2 aliphatic rings. The minimum atomic E-state index is -0.126. The Morgan fingerprint density at radius 2 is 1.95 bits per heavy atom. The van der Waals surface area contributed by atoms with Gasteiger partial charge in [0.2, 0.25) is 0 Å². The van der Waals surface area contributed by atoms with E-state index in [-0.39, 0.29) is 5.60 Å². The zero-order valence-electron chi connectivity index (χ0n) is 13.1. The number of aromatic nitrogens is 2. The molecule has 1 aromatic rings. The number of fused-ring (bicyclic) bond motifs is 1. The van der Waals surface area contributed by atoms with Crippen LogP contribution in [-0.2, 0) is 22.3 Å². The van der Waals surface area contributed by atoms with E-state index in [1.807, 2.05) is 6.92 Å². The van der Waals surface area contributed by atoms with E-state index in [1.165, 1.54) is 24.1 Å². The average molecular weight is 291 g/mol. The standard InChI is InChI=1S/C16H25N3O2/c1-12-18-14-6-4-3-5-13(14)15(19-12)17-11-16(20-2)7-9-21-10-8-16/h3-11H2,1-2H3,(H,17,18,19). The van der Waals surface area contributed by atoms with Crippen LogP contribution in [0.3, 0.4) is 0 Å². The molecule has 116 valence electrons. The summed E-state index contributed by atoms with van der Waals surface area (Å²) in [7, 11) is 1.80. The van der Waals surface area contributed by atoms with Crippen LogP contribution in [0.15, 0.2) is 0 Å². The molecule has 0 radical (unpaired) electrons. The Morgan fingerprint density at radius 1 is 1.19 bits per heavy atom. The van der Waals surface area contributed by atoms with Crippen molar-refractivity contribution in [2.24, 2.45) is 0 Å². The third kappa shape index (κ3) is 3.19. The number of rotatable bonds is 4. The van der Waals surface area contributed by atoms with E-state index in [2.05, 4.69) is 15.3 Å². The van der Waals surface area contributed by atoms with Crippen LogP contribution in [0.5, 0.6) is 0 Å². The Balaban J connectivity index is 1.76. The van der Waals surface area contributed by atoms with Gasteiger partial charge in [0, 0.05) is 51.0 Å². The van der Waals surface area contributed by atoms with E-state index >= 15 is 0 Å². The number of ether oxygens (including phenoxy) is 2. The number of hydrogen-bond donors (Lipinski definition) is 1. The van der Waals surface area contributed by atoms with Gasteiger partial charge in [-0.3, -0.25) is 0 Å². The Kier molecular flexibility index (Phi) is 4.40. The molecule has 1 aliphatic heterocycles. The van der Waals surface area contributed by atoms with Crippen molar-refractivity contribution in [2.75, 3.05) is 32.2 Å². The van der Waals surface area contributed by atoms with Crippen molar-refractivity contribution < 1.29 is 9.47 Å². The van der Waals surface area contributed by atoms with Crippen LogP contribution < -0.4 is 5.32 Å². The molecule has 0 aromatic carbocycles. The molecule has 1 aromatic heterocycles. The van der Waals surface area contributed by atoms with Gasteiger partial charge in [-0.1, -0.05) is 0 Å². The highest BCUT2D eigenvalue weighted by molar-refractivity contribution is 5.48. The molecule has 1 saturated heterocycles. The highest BCUT2D eigenvalue weighted by atomic mass is 16.5. The van der Waals surface area contributed by atoms with Gasteiger partial charge in [0.15, 0.2) is 0 Å². The van der Waals surface area contributed by atoms with Gasteiger partial charge in [-0.15, -0.1) is 0 Å². The summed E-state index contributed by atoms with van der Waals surface area (Å²) in [6.45, 7) is 4.31. The molecule has 0 spiro atoms. The molecule has 5 heteroatoms. The lowest BCUT2D eigenvalue weighted by Crippen LogP contribution is -2.44. The lowest BCUT2D eigenvalue weighted by molar-refractivity contribution is -0.0807. The molecule has 2 heterocycles. The predicted octanol–water partition coefficient (Wildman–Crippen LogP) is 2.27. The summed E-state index contributed by atoms with van der Waals surface area (Å²) >= 11 is 0. The molecule has 1 fully saturated rings. The molecule has 0 bridgehead atoms. The summed E-state index contributed by atoms with van der Waals surface area (Å²) in [6, 6.07) is 0. The van der Waals surface area contributed by atoms with Crippen LogP contribution in [0.2, 0.25) is 0 Å². The van der Waals surface area contributed by atoms with Gasteiger partial charge in [-0.05, 0) is 32.6 Å². The minimum absolute atomic E-state index is 0.126. The first-order chi connectivity index (χ1) is 10.2. The van der Waals surface area contributed by atoms with Crippen molar-refractivity contribution >= 4 is 5.82 Å². The zero-order valence-corrected chi connectivity index (χ0v) is 13.1. The van der Waals surface area contributed by atoms with E-state index in [9.17, 15) is 0 Å². The predicted molar refractivity (Wildman–Crippen MR) is 81.7 cm³/mol. The number of aryl methyl sites for hydroxylation is 2. The summed E-state index contributed by atoms with van der Waals surface area (Å²) in [5.74, 6) is 1.87. The van der Waals surface area contributed by atoms with Crippen LogP contribution in [0.4, 0.5) is 5.82 Å². The van der Waals surface area contributed by atoms with Gasteiger partial charge in [-0.2, -0.15) is 0 Å². The monoisotopic (exact) mass is 291 g/mol. The fourth-order valence-electron chi connectivity index (χ4n) is 3.30. The van der Waals surface area contributed by atoms with Gasteiger partial charge >= 0.3 is 0 Å². The molecule has 21 heavy (non-hydrogen) atoms. The van der Waals surface area contributed by atoms with Crippen LogP contribution in [-0.4, -0.2) is 42.4 Å². The van der Waals surface area contributed by atoms with Crippen LogP contribution in [0, 0.1) is 6.92 Å². The number of nitrogens with zero attached hydrogens (tertiary/aromatic N) is 2. The van der Waals surface area contributed by atoms with E-state index in [0.717, 1.165) is 57.1 Å². The van der Waals surface area contributed by atoms with Gasteiger partial charge in [0.25, 0.3) is 0 Å². The molecule has 1 N–H and O–H groups in total.